The van der Waals surface area contributed by atoms with E-state index in [0.717, 1.165) is 5.56 Å². The van der Waals surface area contributed by atoms with Crippen molar-refractivity contribution in [1.82, 2.24) is 20.5 Å². The van der Waals surface area contributed by atoms with Crippen molar-refractivity contribution >= 4 is 21.6 Å². The molecule has 1 atom stereocenters. The fourth-order valence-electron chi connectivity index (χ4n) is 2.42. The van der Waals surface area contributed by atoms with Crippen LogP contribution < -0.4 is 10.6 Å². The average Bonchev–Trinajstić information content (AvgIpc) is 2.93. The van der Waals surface area contributed by atoms with Gasteiger partial charge in [-0.15, -0.1) is 10.2 Å². The van der Waals surface area contributed by atoms with Gasteiger partial charge >= 0.3 is 0 Å². The van der Waals surface area contributed by atoms with E-state index in [0.29, 0.717) is 18.8 Å². The van der Waals surface area contributed by atoms with Gasteiger partial charge in [0.2, 0.25) is 0 Å². The number of nitrogens with zero attached hydrogens (tertiary/aromatic N) is 3. The summed E-state index contributed by atoms with van der Waals surface area (Å²) in [6.07, 6.45) is 3.89. The normalized spacial score (nSPS) is 18.9. The van der Waals surface area contributed by atoms with E-state index < -0.39 is 9.84 Å². The predicted molar refractivity (Wildman–Crippen MR) is 88.1 cm³/mol. The van der Waals surface area contributed by atoms with Gasteiger partial charge in [-0.2, -0.15) is 0 Å². The van der Waals surface area contributed by atoms with Gasteiger partial charge < -0.3 is 10.6 Å². The molecule has 1 saturated heterocycles. The third kappa shape index (κ3) is 4.25. The van der Waals surface area contributed by atoms with Crippen LogP contribution in [0.15, 0.2) is 36.7 Å². The van der Waals surface area contributed by atoms with Crippen LogP contribution in [0.3, 0.4) is 0 Å². The van der Waals surface area contributed by atoms with Crippen LogP contribution >= 0.6 is 0 Å². The van der Waals surface area contributed by atoms with E-state index in [1.165, 1.54) is 0 Å². The Kier molecular flexibility index (Phi) is 4.70. The molecule has 2 N–H and O–H groups in total. The van der Waals surface area contributed by atoms with Crippen molar-refractivity contribution in [3.8, 4) is 0 Å². The van der Waals surface area contributed by atoms with Crippen molar-refractivity contribution < 1.29 is 13.2 Å². The van der Waals surface area contributed by atoms with Crippen LogP contribution in [0, 0.1) is 0 Å². The average molecular weight is 347 g/mol. The fourth-order valence-corrected chi connectivity index (χ4v) is 4.10. The summed E-state index contributed by atoms with van der Waals surface area (Å²) in [6, 6.07) is 6.68. The molecule has 1 unspecified atom stereocenters. The monoisotopic (exact) mass is 347 g/mol. The molecular weight excluding hydrogens is 330 g/mol. The summed E-state index contributed by atoms with van der Waals surface area (Å²) in [5.74, 6) is 0.414. The van der Waals surface area contributed by atoms with E-state index in [2.05, 4.69) is 25.8 Å². The molecule has 1 fully saturated rings. The lowest BCUT2D eigenvalue weighted by Crippen LogP contribution is -2.25. The molecule has 0 radical (unpaired) electrons. The number of anilines is 1. The molecule has 0 saturated carbocycles. The van der Waals surface area contributed by atoms with Gasteiger partial charge in [0, 0.05) is 25.0 Å². The first-order valence-corrected chi connectivity index (χ1v) is 9.32. The number of amides is 1. The van der Waals surface area contributed by atoms with Crippen molar-refractivity contribution in [3.63, 3.8) is 0 Å². The predicted octanol–water partition coefficient (Wildman–Crippen LogP) is 0.401. The SMILES string of the molecule is O=C(NCc1cccnc1)c1ccc(NC2CCS(=O)(=O)C2)nn1. The molecule has 0 spiro atoms. The van der Waals surface area contributed by atoms with Crippen LogP contribution in [0.1, 0.15) is 22.5 Å². The molecular formula is C15H17N5O3S. The molecule has 8 nitrogen and oxygen atoms in total. The zero-order valence-electron chi connectivity index (χ0n) is 12.8. The number of carbonyl (C=O) groups is 1. The van der Waals surface area contributed by atoms with Crippen molar-refractivity contribution in [2.75, 3.05) is 16.8 Å². The number of carbonyl (C=O) groups excluding carboxylic acids is 1. The number of rotatable bonds is 5. The highest BCUT2D eigenvalue weighted by molar-refractivity contribution is 7.91. The zero-order valence-corrected chi connectivity index (χ0v) is 13.7. The van der Waals surface area contributed by atoms with Crippen molar-refractivity contribution in [1.29, 1.82) is 0 Å². The Hall–Kier alpha value is -2.55. The Balaban J connectivity index is 1.55. The highest BCUT2D eigenvalue weighted by atomic mass is 32.2. The molecule has 9 heteroatoms. The van der Waals surface area contributed by atoms with Gasteiger partial charge in [0.1, 0.15) is 5.82 Å². The number of hydrogen-bond donors (Lipinski definition) is 2. The molecule has 2 aromatic heterocycles. The maximum atomic E-state index is 12.0. The Bertz CT molecular complexity index is 809. The third-order valence-electron chi connectivity index (χ3n) is 3.66. The van der Waals surface area contributed by atoms with Gasteiger partial charge in [-0.05, 0) is 30.2 Å². The van der Waals surface area contributed by atoms with Gasteiger partial charge in [-0.1, -0.05) is 6.07 Å². The highest BCUT2D eigenvalue weighted by Crippen LogP contribution is 2.15. The minimum absolute atomic E-state index is 0.0992. The van der Waals surface area contributed by atoms with Crippen LogP contribution in [0.25, 0.3) is 0 Å². The lowest BCUT2D eigenvalue weighted by Gasteiger charge is -2.11. The number of pyridine rings is 1. The summed E-state index contributed by atoms with van der Waals surface area (Å²) < 4.78 is 22.9. The smallest absolute Gasteiger partial charge is 0.272 e. The largest absolute Gasteiger partial charge is 0.365 e. The van der Waals surface area contributed by atoms with E-state index in [4.69, 9.17) is 0 Å². The molecule has 1 amide bonds. The third-order valence-corrected chi connectivity index (χ3v) is 5.43. The highest BCUT2D eigenvalue weighted by Gasteiger charge is 2.27. The van der Waals surface area contributed by atoms with E-state index >= 15 is 0 Å². The molecule has 1 aliphatic heterocycles. The van der Waals surface area contributed by atoms with Gasteiger partial charge in [0.15, 0.2) is 15.5 Å². The van der Waals surface area contributed by atoms with E-state index in [-0.39, 0.29) is 29.1 Å². The standard InChI is InChI=1S/C15H17N5O3S/c21-15(17-9-11-2-1-6-16-8-11)13-3-4-14(20-19-13)18-12-5-7-24(22,23)10-12/h1-4,6,8,12H,5,7,9-10H2,(H,17,21)(H,18,20). The molecule has 126 valence electrons. The van der Waals surface area contributed by atoms with Gasteiger partial charge in [-0.25, -0.2) is 8.42 Å². The van der Waals surface area contributed by atoms with E-state index in [1.54, 1.807) is 30.6 Å². The van der Waals surface area contributed by atoms with Gasteiger partial charge in [0.05, 0.1) is 11.5 Å². The van der Waals surface area contributed by atoms with Gasteiger partial charge in [-0.3, -0.25) is 9.78 Å². The molecule has 0 aromatic carbocycles. The molecule has 24 heavy (non-hydrogen) atoms. The Morgan fingerprint density at radius 3 is 2.75 bits per heavy atom. The number of nitrogens with one attached hydrogen (secondary N) is 2. The first kappa shape index (κ1) is 16.3. The molecule has 2 aromatic rings. The quantitative estimate of drug-likeness (QED) is 0.804. The van der Waals surface area contributed by atoms with Crippen LogP contribution in [0.2, 0.25) is 0 Å². The summed E-state index contributed by atoms with van der Waals surface area (Å²) >= 11 is 0. The topological polar surface area (TPSA) is 114 Å². The zero-order chi connectivity index (χ0) is 17.0. The van der Waals surface area contributed by atoms with E-state index in [1.807, 2.05) is 6.07 Å². The second-order valence-electron chi connectivity index (χ2n) is 5.59. The second kappa shape index (κ2) is 6.91. The van der Waals surface area contributed by atoms with E-state index in [9.17, 15) is 13.2 Å². The van der Waals surface area contributed by atoms with Crippen LogP contribution in [0.4, 0.5) is 5.82 Å². The number of hydrogen-bond acceptors (Lipinski definition) is 7. The first-order chi connectivity index (χ1) is 11.5. The molecule has 0 aliphatic carbocycles. The maximum absolute atomic E-state index is 12.0. The molecule has 0 bridgehead atoms. The Morgan fingerprint density at radius 1 is 1.25 bits per heavy atom. The summed E-state index contributed by atoms with van der Waals surface area (Å²) in [4.78, 5) is 16.0. The number of sulfone groups is 1. The van der Waals surface area contributed by atoms with Crippen molar-refractivity contribution in [3.05, 3.63) is 47.9 Å². The summed E-state index contributed by atoms with van der Waals surface area (Å²) in [7, 11) is -2.95. The summed E-state index contributed by atoms with van der Waals surface area (Å²) in [5, 5.41) is 13.6. The first-order valence-electron chi connectivity index (χ1n) is 7.50. The van der Waals surface area contributed by atoms with Crippen LogP contribution in [0.5, 0.6) is 0 Å². The van der Waals surface area contributed by atoms with Crippen molar-refractivity contribution in [2.24, 2.45) is 0 Å². The fraction of sp³-hybridized carbons (Fsp3) is 0.333. The second-order valence-corrected chi connectivity index (χ2v) is 7.82. The van der Waals surface area contributed by atoms with Crippen molar-refractivity contribution in [2.45, 2.75) is 19.0 Å². The molecule has 3 heterocycles. The lowest BCUT2D eigenvalue weighted by molar-refractivity contribution is 0.0945. The van der Waals surface area contributed by atoms with Crippen LogP contribution in [-0.4, -0.2) is 47.1 Å². The Labute approximate surface area is 139 Å². The Morgan fingerprint density at radius 2 is 2.12 bits per heavy atom. The minimum Gasteiger partial charge on any atom is -0.365 e. The van der Waals surface area contributed by atoms with Gasteiger partial charge in [0.25, 0.3) is 5.91 Å². The maximum Gasteiger partial charge on any atom is 0.272 e. The summed E-state index contributed by atoms with van der Waals surface area (Å²) in [5.41, 5.74) is 1.09. The minimum atomic E-state index is -2.95. The molecule has 1 aliphatic rings. The number of aromatic nitrogens is 3. The molecule has 3 rings (SSSR count). The lowest BCUT2D eigenvalue weighted by atomic mass is 10.2. The van der Waals surface area contributed by atoms with Crippen LogP contribution in [-0.2, 0) is 16.4 Å². The summed E-state index contributed by atoms with van der Waals surface area (Å²) in [6.45, 7) is 0.355.